The molecule has 0 aromatic carbocycles. The van der Waals surface area contributed by atoms with Crippen LogP contribution < -0.4 is 4.74 Å². The fraction of sp³-hybridized carbons (Fsp3) is 0.529. The highest BCUT2D eigenvalue weighted by Gasteiger charge is 2.30. The van der Waals surface area contributed by atoms with Crippen LogP contribution in [0.4, 0.5) is 0 Å². The molecule has 0 unspecified atom stereocenters. The lowest BCUT2D eigenvalue weighted by molar-refractivity contribution is -0.0268. The molecule has 2 aromatic heterocycles. The molecule has 3 heterocycles. The summed E-state index contributed by atoms with van der Waals surface area (Å²) in [6, 6.07) is 3.48. The number of carbonyl (C=O) groups is 1. The number of aromatic nitrogens is 4. The van der Waals surface area contributed by atoms with Gasteiger partial charge in [0.25, 0.3) is 5.91 Å². The third-order valence-corrected chi connectivity index (χ3v) is 3.81. The van der Waals surface area contributed by atoms with E-state index in [1.807, 2.05) is 6.92 Å². The van der Waals surface area contributed by atoms with Gasteiger partial charge in [-0.3, -0.25) is 9.89 Å². The summed E-state index contributed by atoms with van der Waals surface area (Å²) in [5, 5.41) is 6.94. The highest BCUT2D eigenvalue weighted by atomic mass is 16.5. The zero-order valence-electron chi connectivity index (χ0n) is 14.7. The van der Waals surface area contributed by atoms with Crippen molar-refractivity contribution in [2.24, 2.45) is 5.92 Å². The number of hydrogen-bond donors (Lipinski definition) is 1. The van der Waals surface area contributed by atoms with E-state index in [0.717, 1.165) is 5.82 Å². The summed E-state index contributed by atoms with van der Waals surface area (Å²) in [7, 11) is 0. The van der Waals surface area contributed by atoms with E-state index in [0.29, 0.717) is 49.5 Å². The van der Waals surface area contributed by atoms with Gasteiger partial charge in [0, 0.05) is 12.7 Å². The van der Waals surface area contributed by atoms with Crippen molar-refractivity contribution < 1.29 is 14.3 Å². The van der Waals surface area contributed by atoms with Crippen LogP contribution in [0.15, 0.2) is 18.3 Å². The number of hydrogen-bond acceptors (Lipinski definition) is 6. The Kier molecular flexibility index (Phi) is 5.28. The van der Waals surface area contributed by atoms with Crippen molar-refractivity contribution in [3.8, 4) is 5.88 Å². The summed E-state index contributed by atoms with van der Waals surface area (Å²) < 4.78 is 11.4. The Morgan fingerprint density at radius 1 is 1.52 bits per heavy atom. The van der Waals surface area contributed by atoms with Crippen LogP contribution >= 0.6 is 0 Å². The molecule has 0 aliphatic carbocycles. The Hall–Kier alpha value is -2.48. The van der Waals surface area contributed by atoms with Crippen molar-refractivity contribution in [1.82, 2.24) is 25.1 Å². The molecule has 134 valence electrons. The van der Waals surface area contributed by atoms with Gasteiger partial charge in [-0.1, -0.05) is 13.8 Å². The first-order valence-electron chi connectivity index (χ1n) is 8.42. The molecule has 0 bridgehead atoms. The molecule has 0 spiro atoms. The maximum absolute atomic E-state index is 12.9. The molecule has 0 saturated carbocycles. The summed E-state index contributed by atoms with van der Waals surface area (Å²) in [6.45, 7) is 7.79. The first kappa shape index (κ1) is 17.3. The molecule has 2 aromatic rings. The zero-order chi connectivity index (χ0) is 17.8. The van der Waals surface area contributed by atoms with E-state index < -0.39 is 0 Å². The number of rotatable bonds is 5. The van der Waals surface area contributed by atoms with E-state index in [-0.39, 0.29) is 12.0 Å². The Bertz CT molecular complexity index is 731. The second-order valence-electron chi connectivity index (χ2n) is 6.45. The fourth-order valence-electron chi connectivity index (χ4n) is 2.58. The van der Waals surface area contributed by atoms with Gasteiger partial charge < -0.3 is 14.4 Å². The summed E-state index contributed by atoms with van der Waals surface area (Å²) >= 11 is 0. The first-order chi connectivity index (χ1) is 12.0. The molecule has 1 amide bonds. The predicted molar refractivity (Wildman–Crippen MR) is 90.3 cm³/mol. The molecule has 1 N–H and O–H groups in total. The van der Waals surface area contributed by atoms with Gasteiger partial charge in [0.15, 0.2) is 5.82 Å². The SMILES string of the molecule is Cc1nc([C@H]2CN(C(=O)c3cccnc3OCC(C)C)CCO2)n[nH]1. The number of pyridine rings is 1. The molecule has 0 radical (unpaired) electrons. The van der Waals surface area contributed by atoms with Crippen molar-refractivity contribution in [2.45, 2.75) is 26.9 Å². The minimum atomic E-state index is -0.334. The van der Waals surface area contributed by atoms with Gasteiger partial charge in [-0.05, 0) is 25.0 Å². The van der Waals surface area contributed by atoms with Crippen LogP contribution in [0.3, 0.4) is 0 Å². The largest absolute Gasteiger partial charge is 0.477 e. The second-order valence-corrected chi connectivity index (χ2v) is 6.45. The Labute approximate surface area is 146 Å². The molecule has 1 atom stereocenters. The Morgan fingerprint density at radius 2 is 2.36 bits per heavy atom. The standard InChI is InChI=1S/C17H23N5O3/c1-11(2)10-25-16-13(5-4-6-18-16)17(23)22-7-8-24-14(9-22)15-19-12(3)20-21-15/h4-6,11,14H,7-10H2,1-3H3,(H,19,20,21)/t14-/m1/s1. The van der Waals surface area contributed by atoms with E-state index >= 15 is 0 Å². The summed E-state index contributed by atoms with van der Waals surface area (Å²) in [5.74, 6) is 1.90. The monoisotopic (exact) mass is 345 g/mol. The summed E-state index contributed by atoms with van der Waals surface area (Å²) in [6.07, 6.45) is 1.30. The average Bonchev–Trinajstić information content (AvgIpc) is 3.06. The summed E-state index contributed by atoms with van der Waals surface area (Å²) in [5.41, 5.74) is 0.468. The van der Waals surface area contributed by atoms with Crippen LogP contribution in [-0.2, 0) is 4.74 Å². The lowest BCUT2D eigenvalue weighted by atomic mass is 10.2. The van der Waals surface area contributed by atoms with Gasteiger partial charge in [0.1, 0.15) is 17.5 Å². The smallest absolute Gasteiger partial charge is 0.259 e. The molecule has 1 aliphatic heterocycles. The second kappa shape index (κ2) is 7.60. The molecular formula is C17H23N5O3. The first-order valence-corrected chi connectivity index (χ1v) is 8.42. The number of nitrogens with zero attached hydrogens (tertiary/aromatic N) is 4. The fourth-order valence-corrected chi connectivity index (χ4v) is 2.58. The van der Waals surface area contributed by atoms with Crippen LogP contribution in [0.2, 0.25) is 0 Å². The van der Waals surface area contributed by atoms with Gasteiger partial charge in [0.05, 0.1) is 19.8 Å². The normalized spacial score (nSPS) is 17.8. The minimum absolute atomic E-state index is 0.118. The van der Waals surface area contributed by atoms with Gasteiger partial charge in [-0.15, -0.1) is 0 Å². The van der Waals surface area contributed by atoms with E-state index in [1.165, 1.54) is 0 Å². The Balaban J connectivity index is 1.74. The number of ether oxygens (including phenoxy) is 2. The quantitative estimate of drug-likeness (QED) is 0.887. The highest BCUT2D eigenvalue weighted by Crippen LogP contribution is 2.23. The molecule has 3 rings (SSSR count). The predicted octanol–water partition coefficient (Wildman–Crippen LogP) is 1.76. The van der Waals surface area contributed by atoms with Crippen LogP contribution in [-0.4, -0.2) is 57.3 Å². The molecule has 1 aliphatic rings. The maximum Gasteiger partial charge on any atom is 0.259 e. The van der Waals surface area contributed by atoms with Crippen molar-refractivity contribution in [3.63, 3.8) is 0 Å². The lowest BCUT2D eigenvalue weighted by Gasteiger charge is -2.31. The number of aromatic amines is 1. The molecule has 8 heteroatoms. The molecule has 1 fully saturated rings. The van der Waals surface area contributed by atoms with Crippen molar-refractivity contribution in [2.75, 3.05) is 26.3 Å². The van der Waals surface area contributed by atoms with Crippen LogP contribution in [0.1, 0.15) is 42.0 Å². The van der Waals surface area contributed by atoms with Crippen molar-refractivity contribution in [1.29, 1.82) is 0 Å². The van der Waals surface area contributed by atoms with Crippen LogP contribution in [0.25, 0.3) is 0 Å². The van der Waals surface area contributed by atoms with Crippen LogP contribution in [0.5, 0.6) is 5.88 Å². The number of nitrogens with one attached hydrogen (secondary N) is 1. The van der Waals surface area contributed by atoms with E-state index in [1.54, 1.807) is 23.2 Å². The van der Waals surface area contributed by atoms with Crippen molar-refractivity contribution in [3.05, 3.63) is 35.5 Å². The third-order valence-electron chi connectivity index (χ3n) is 3.81. The number of morpholine rings is 1. The minimum Gasteiger partial charge on any atom is -0.477 e. The average molecular weight is 345 g/mol. The zero-order valence-corrected chi connectivity index (χ0v) is 14.7. The van der Waals surface area contributed by atoms with E-state index in [9.17, 15) is 4.79 Å². The Morgan fingerprint density at radius 3 is 3.08 bits per heavy atom. The molecular weight excluding hydrogens is 322 g/mol. The van der Waals surface area contributed by atoms with E-state index in [2.05, 4.69) is 34.0 Å². The van der Waals surface area contributed by atoms with E-state index in [4.69, 9.17) is 9.47 Å². The van der Waals surface area contributed by atoms with Gasteiger partial charge >= 0.3 is 0 Å². The number of amides is 1. The topological polar surface area (TPSA) is 93.2 Å². The van der Waals surface area contributed by atoms with Crippen LogP contribution in [0, 0.1) is 12.8 Å². The molecule has 1 saturated heterocycles. The van der Waals surface area contributed by atoms with Crippen molar-refractivity contribution >= 4 is 5.91 Å². The maximum atomic E-state index is 12.9. The number of aryl methyl sites for hydroxylation is 1. The number of H-pyrrole nitrogens is 1. The van der Waals surface area contributed by atoms with Gasteiger partial charge in [-0.25, -0.2) is 9.97 Å². The van der Waals surface area contributed by atoms with Gasteiger partial charge in [0.2, 0.25) is 5.88 Å². The summed E-state index contributed by atoms with van der Waals surface area (Å²) in [4.78, 5) is 23.2. The van der Waals surface area contributed by atoms with Gasteiger partial charge in [-0.2, -0.15) is 5.10 Å². The molecule has 25 heavy (non-hydrogen) atoms. The number of carbonyl (C=O) groups excluding carboxylic acids is 1. The molecule has 8 nitrogen and oxygen atoms in total. The third kappa shape index (κ3) is 4.14. The highest BCUT2D eigenvalue weighted by molar-refractivity contribution is 5.96. The lowest BCUT2D eigenvalue weighted by Crippen LogP contribution is -2.42.